The average Bonchev–Trinajstić information content (AvgIpc) is 3.63. The summed E-state index contributed by atoms with van der Waals surface area (Å²) < 4.78 is 29.8. The minimum atomic E-state index is -2.21. The number of aliphatic hydroxyl groups is 5. The molecule has 2 unspecified atom stereocenters. The van der Waals surface area contributed by atoms with E-state index in [-0.39, 0.29) is 6.10 Å². The van der Waals surface area contributed by atoms with Crippen molar-refractivity contribution in [3.8, 4) is 0 Å². The van der Waals surface area contributed by atoms with Crippen LogP contribution in [-0.4, -0.2) is 109 Å². The Morgan fingerprint density at radius 1 is 0.891 bits per heavy atom. The molecule has 3 saturated heterocycles. The number of fused-ring (bicyclic) bond motifs is 10. The molecule has 14 nitrogen and oxygen atoms in total. The Balaban J connectivity index is 1.51. The lowest BCUT2D eigenvalue weighted by molar-refractivity contribution is -0.424. The Bertz CT molecular complexity index is 1390. The van der Waals surface area contributed by atoms with Gasteiger partial charge in [0.15, 0.2) is 11.4 Å². The molecule has 0 aromatic heterocycles. The van der Waals surface area contributed by atoms with Gasteiger partial charge >= 0.3 is 17.9 Å². The number of carbonyl (C=O) groups is 3. The molecule has 0 aromatic carbocycles. The van der Waals surface area contributed by atoms with Crippen LogP contribution in [0.15, 0.2) is 0 Å². The van der Waals surface area contributed by atoms with Crippen LogP contribution in [0.5, 0.6) is 0 Å². The first-order valence-electron chi connectivity index (χ1n) is 16.2. The Labute approximate surface area is 266 Å². The Morgan fingerprint density at radius 3 is 2.09 bits per heavy atom. The molecular weight excluding hydrogens is 606 g/mol. The molecule has 20 atom stereocenters. The summed E-state index contributed by atoms with van der Waals surface area (Å²) in [5.41, 5.74) is 0.239. The normalized spacial score (nSPS) is 62.8. The Hall–Kier alpha value is -1.91. The van der Waals surface area contributed by atoms with Gasteiger partial charge in [-0.3, -0.25) is 9.59 Å². The van der Waals surface area contributed by atoms with E-state index in [1.54, 1.807) is 13.8 Å². The van der Waals surface area contributed by atoms with Gasteiger partial charge in [0.1, 0.15) is 18.3 Å². The standard InChI is InChI=1S/C32H47NO13/c1-10(34)42-22-16-14(19(36)18(33)12-9-13-21(44-13)24(38)27(12,16)3)15-20(37)17-23(28(15,4)25(22)43-11(2)35)31(7,41)46-32(8)29(17,5)30(6,40)26(39)45-32/h12-25,36-38,40-41H,9,33H2,1-8H3/t12-,13+,14?,15-,16?,17-,18+,19-,20-,21+,22+,23+,24+,25+,27+,28+,29+,30-,31-,32-/m1/s1. The van der Waals surface area contributed by atoms with Gasteiger partial charge in [0.25, 0.3) is 0 Å². The Morgan fingerprint density at radius 2 is 1.50 bits per heavy atom. The minimum Gasteiger partial charge on any atom is -0.458 e. The number of rotatable bonds is 2. The van der Waals surface area contributed by atoms with Gasteiger partial charge in [-0.25, -0.2) is 4.79 Å². The van der Waals surface area contributed by atoms with Crippen molar-refractivity contribution in [2.45, 2.75) is 128 Å². The maximum Gasteiger partial charge on any atom is 0.341 e. The van der Waals surface area contributed by atoms with E-state index in [1.165, 1.54) is 34.6 Å². The van der Waals surface area contributed by atoms with Crippen LogP contribution in [0.3, 0.4) is 0 Å². The molecule has 0 aromatic rings. The fraction of sp³-hybridized carbons (Fsp3) is 0.906. The van der Waals surface area contributed by atoms with Crippen molar-refractivity contribution in [1.29, 1.82) is 0 Å². The molecule has 258 valence electrons. The maximum absolute atomic E-state index is 13.2. The fourth-order valence-corrected chi connectivity index (χ4v) is 12.3. The van der Waals surface area contributed by atoms with Gasteiger partial charge in [0.05, 0.1) is 29.8 Å². The number of carbonyl (C=O) groups excluding carboxylic acids is 3. The van der Waals surface area contributed by atoms with Gasteiger partial charge in [-0.15, -0.1) is 0 Å². The molecule has 7 N–H and O–H groups in total. The number of esters is 3. The van der Waals surface area contributed by atoms with Crippen LogP contribution in [0.4, 0.5) is 0 Å². The molecular formula is C32H47NO13. The topological polar surface area (TPSA) is 228 Å². The number of epoxide rings is 1. The van der Waals surface area contributed by atoms with E-state index in [9.17, 15) is 39.9 Å². The van der Waals surface area contributed by atoms with Crippen LogP contribution in [0.2, 0.25) is 0 Å². The molecule has 0 amide bonds. The summed E-state index contributed by atoms with van der Waals surface area (Å²) in [6, 6.07) is -0.898. The lowest BCUT2D eigenvalue weighted by Gasteiger charge is -2.67. The molecule has 7 aliphatic rings. The van der Waals surface area contributed by atoms with Crippen LogP contribution < -0.4 is 5.73 Å². The van der Waals surface area contributed by atoms with Gasteiger partial charge in [-0.1, -0.05) is 13.8 Å². The fourth-order valence-electron chi connectivity index (χ4n) is 12.3. The third-order valence-electron chi connectivity index (χ3n) is 14.3. The lowest BCUT2D eigenvalue weighted by Crippen LogP contribution is -2.77. The van der Waals surface area contributed by atoms with Crippen molar-refractivity contribution in [2.75, 3.05) is 0 Å². The molecule has 46 heavy (non-hydrogen) atoms. The van der Waals surface area contributed by atoms with Crippen molar-refractivity contribution in [2.24, 2.45) is 57.5 Å². The first-order valence-corrected chi connectivity index (χ1v) is 16.2. The molecule has 3 heterocycles. The SMILES string of the molecule is CC(=O)O[C@H]1C2C([C@@H](O)[C@@H](N)[C@H]3C[C@@H]4O[C@@H]4[C@H](O)[C@]23C)[C@@H]2[C@@H](O)[C@@H]3[C@@H]([C@@]2(C)[C@H]1OC(C)=O)[C@](C)(O)O[C@@]1(C)OC(=O)[C@@](C)(O)[C@]31C. The largest absolute Gasteiger partial charge is 0.458 e. The van der Waals surface area contributed by atoms with E-state index in [4.69, 9.17) is 29.4 Å². The molecule has 14 heteroatoms. The highest BCUT2D eigenvalue weighted by molar-refractivity contribution is 5.83. The maximum atomic E-state index is 13.2. The van der Waals surface area contributed by atoms with Crippen LogP contribution in [0, 0.1) is 51.8 Å². The molecule has 0 bridgehead atoms. The highest BCUT2D eigenvalue weighted by Crippen LogP contribution is 2.77. The smallest absolute Gasteiger partial charge is 0.341 e. The first-order chi connectivity index (χ1) is 21.0. The molecule has 7 rings (SSSR count). The van der Waals surface area contributed by atoms with Crippen molar-refractivity contribution in [3.05, 3.63) is 0 Å². The third-order valence-corrected chi connectivity index (χ3v) is 14.3. The van der Waals surface area contributed by atoms with Gasteiger partial charge in [-0.05, 0) is 39.0 Å². The summed E-state index contributed by atoms with van der Waals surface area (Å²) in [5.74, 6) is -12.3. The highest BCUT2D eigenvalue weighted by atomic mass is 16.8. The van der Waals surface area contributed by atoms with Gasteiger partial charge in [0.2, 0.25) is 5.79 Å². The van der Waals surface area contributed by atoms with Crippen molar-refractivity contribution < 1.29 is 63.6 Å². The summed E-state index contributed by atoms with van der Waals surface area (Å²) in [4.78, 5) is 39.0. The first kappa shape index (κ1) is 32.6. The van der Waals surface area contributed by atoms with E-state index in [0.717, 1.165) is 0 Å². The van der Waals surface area contributed by atoms with Crippen LogP contribution in [-0.2, 0) is 38.1 Å². The van der Waals surface area contributed by atoms with E-state index in [1.807, 2.05) is 6.92 Å². The zero-order valence-electron chi connectivity index (χ0n) is 27.4. The van der Waals surface area contributed by atoms with Crippen molar-refractivity contribution >= 4 is 17.9 Å². The predicted octanol–water partition coefficient (Wildman–Crippen LogP) is -1.05. The summed E-state index contributed by atoms with van der Waals surface area (Å²) in [6.07, 6.45) is -6.85. The van der Waals surface area contributed by atoms with Crippen molar-refractivity contribution in [1.82, 2.24) is 0 Å². The average molecular weight is 654 g/mol. The van der Waals surface area contributed by atoms with E-state index >= 15 is 0 Å². The zero-order valence-corrected chi connectivity index (χ0v) is 27.4. The number of hydrogen-bond donors (Lipinski definition) is 6. The molecule has 0 radical (unpaired) electrons. The number of hydrogen-bond acceptors (Lipinski definition) is 14. The molecule has 4 aliphatic carbocycles. The third kappa shape index (κ3) is 3.47. The lowest BCUT2D eigenvalue weighted by atomic mass is 9.40. The van der Waals surface area contributed by atoms with E-state index < -0.39 is 130 Å². The van der Waals surface area contributed by atoms with Crippen LogP contribution in [0.25, 0.3) is 0 Å². The van der Waals surface area contributed by atoms with Crippen LogP contribution in [0.1, 0.15) is 61.8 Å². The number of aliphatic hydroxyl groups excluding tert-OH is 3. The van der Waals surface area contributed by atoms with E-state index in [2.05, 4.69) is 0 Å². The zero-order chi connectivity index (χ0) is 34.1. The van der Waals surface area contributed by atoms with Crippen molar-refractivity contribution in [3.63, 3.8) is 0 Å². The molecule has 4 saturated carbocycles. The monoisotopic (exact) mass is 653 g/mol. The molecule has 3 aliphatic heterocycles. The van der Waals surface area contributed by atoms with Gasteiger partial charge in [0, 0.05) is 61.3 Å². The summed E-state index contributed by atoms with van der Waals surface area (Å²) in [6.45, 7) is 11.5. The van der Waals surface area contributed by atoms with E-state index in [0.29, 0.717) is 6.42 Å². The summed E-state index contributed by atoms with van der Waals surface area (Å²) in [7, 11) is 0. The second kappa shape index (κ2) is 9.20. The highest BCUT2D eigenvalue weighted by Gasteiger charge is 2.87. The minimum absolute atomic E-state index is 0.250. The second-order valence-electron chi connectivity index (χ2n) is 16.2. The van der Waals surface area contributed by atoms with Gasteiger partial charge in [-0.2, -0.15) is 0 Å². The number of ether oxygens (including phenoxy) is 5. The summed E-state index contributed by atoms with van der Waals surface area (Å²) in [5, 5.41) is 60.8. The molecule has 7 fully saturated rings. The molecule has 0 spiro atoms. The number of nitrogens with two attached hydrogens (primary N) is 1. The summed E-state index contributed by atoms with van der Waals surface area (Å²) >= 11 is 0. The predicted molar refractivity (Wildman–Crippen MR) is 152 cm³/mol. The quantitative estimate of drug-likeness (QED) is 0.119. The Kier molecular flexibility index (Phi) is 6.53. The second-order valence-corrected chi connectivity index (χ2v) is 16.2. The van der Waals surface area contributed by atoms with Gasteiger partial charge < -0.3 is 55.0 Å². The van der Waals surface area contributed by atoms with Crippen LogP contribution >= 0.6 is 0 Å².